The summed E-state index contributed by atoms with van der Waals surface area (Å²) in [7, 11) is 1.50. The molecule has 2 aromatic carbocycles. The number of methoxy groups -OCH3 is 1. The molecule has 0 aliphatic heterocycles. The molecular weight excluding hydrogens is 388 g/mol. The van der Waals surface area contributed by atoms with E-state index in [1.807, 2.05) is 31.2 Å². The molecule has 3 aromatic rings. The minimum absolute atomic E-state index is 0.116. The molecule has 0 spiro atoms. The summed E-state index contributed by atoms with van der Waals surface area (Å²) in [5.41, 5.74) is 4.63. The number of H-pyrrole nitrogens is 1. The molecule has 0 atom stereocenters. The Hall–Kier alpha value is -4.21. The average Bonchev–Trinajstić information content (AvgIpc) is 2.72. The van der Waals surface area contributed by atoms with Crippen molar-refractivity contribution in [1.29, 1.82) is 0 Å². The first kappa shape index (κ1) is 20.5. The average molecular weight is 408 g/mol. The van der Waals surface area contributed by atoms with Crippen LogP contribution < -0.4 is 25.8 Å². The van der Waals surface area contributed by atoms with Gasteiger partial charge in [0.25, 0.3) is 11.5 Å². The van der Waals surface area contributed by atoms with E-state index in [0.29, 0.717) is 22.7 Å². The van der Waals surface area contributed by atoms with Gasteiger partial charge < -0.3 is 14.8 Å². The fourth-order valence-corrected chi connectivity index (χ4v) is 2.48. The van der Waals surface area contributed by atoms with Crippen LogP contribution >= 0.6 is 0 Å². The van der Waals surface area contributed by atoms with Crippen LogP contribution in [0.2, 0.25) is 0 Å². The van der Waals surface area contributed by atoms with Gasteiger partial charge in [-0.2, -0.15) is 5.10 Å². The van der Waals surface area contributed by atoms with E-state index in [1.165, 1.54) is 13.3 Å². The zero-order valence-corrected chi connectivity index (χ0v) is 16.4. The predicted octanol–water partition coefficient (Wildman–Crippen LogP) is 1.95. The van der Waals surface area contributed by atoms with E-state index in [9.17, 15) is 9.59 Å². The SMILES string of the molecule is COc1cc(/C=N/Nc2nncc(=O)[nH]2)ccc1OCC(=O)Nc1cccc(C)c1. The summed E-state index contributed by atoms with van der Waals surface area (Å²) in [5.74, 6) is 0.691. The highest BCUT2D eigenvalue weighted by molar-refractivity contribution is 5.92. The highest BCUT2D eigenvalue weighted by Gasteiger charge is 2.09. The van der Waals surface area contributed by atoms with Crippen LogP contribution in [-0.2, 0) is 4.79 Å². The third-order valence-electron chi connectivity index (χ3n) is 3.81. The van der Waals surface area contributed by atoms with Crippen molar-refractivity contribution in [2.45, 2.75) is 6.92 Å². The number of hydrogen-bond acceptors (Lipinski definition) is 8. The van der Waals surface area contributed by atoms with Gasteiger partial charge in [0.15, 0.2) is 18.1 Å². The molecule has 0 saturated heterocycles. The molecule has 0 aliphatic rings. The van der Waals surface area contributed by atoms with E-state index in [4.69, 9.17) is 9.47 Å². The topological polar surface area (TPSA) is 131 Å². The molecule has 3 N–H and O–H groups in total. The van der Waals surface area contributed by atoms with Crippen LogP contribution in [0.15, 0.2) is 58.6 Å². The largest absolute Gasteiger partial charge is 0.493 e. The van der Waals surface area contributed by atoms with Gasteiger partial charge in [0.1, 0.15) is 6.20 Å². The van der Waals surface area contributed by atoms with Crippen LogP contribution in [-0.4, -0.2) is 41.0 Å². The smallest absolute Gasteiger partial charge is 0.271 e. The third kappa shape index (κ3) is 5.89. The molecule has 0 radical (unpaired) electrons. The minimum Gasteiger partial charge on any atom is -0.493 e. The summed E-state index contributed by atoms with van der Waals surface area (Å²) in [4.78, 5) is 25.7. The minimum atomic E-state index is -0.391. The summed E-state index contributed by atoms with van der Waals surface area (Å²) < 4.78 is 10.9. The van der Waals surface area contributed by atoms with Crippen molar-refractivity contribution in [2.24, 2.45) is 5.10 Å². The van der Waals surface area contributed by atoms with Crippen LogP contribution in [0.1, 0.15) is 11.1 Å². The van der Waals surface area contributed by atoms with Gasteiger partial charge in [0, 0.05) is 5.69 Å². The van der Waals surface area contributed by atoms with E-state index in [-0.39, 0.29) is 18.5 Å². The number of amides is 1. The first-order chi connectivity index (χ1) is 14.5. The lowest BCUT2D eigenvalue weighted by Crippen LogP contribution is -2.20. The molecule has 0 bridgehead atoms. The Morgan fingerprint density at radius 1 is 1.23 bits per heavy atom. The van der Waals surface area contributed by atoms with Crippen molar-refractivity contribution < 1.29 is 14.3 Å². The van der Waals surface area contributed by atoms with Gasteiger partial charge in [-0.15, -0.1) is 10.2 Å². The van der Waals surface area contributed by atoms with Crippen molar-refractivity contribution in [3.63, 3.8) is 0 Å². The molecule has 0 saturated carbocycles. The van der Waals surface area contributed by atoms with Gasteiger partial charge in [-0.25, -0.2) is 5.43 Å². The van der Waals surface area contributed by atoms with Gasteiger partial charge in [-0.3, -0.25) is 14.6 Å². The number of hydrogen-bond donors (Lipinski definition) is 3. The first-order valence-electron chi connectivity index (χ1n) is 8.92. The molecule has 0 unspecified atom stereocenters. The van der Waals surface area contributed by atoms with E-state index in [2.05, 4.69) is 31.0 Å². The number of anilines is 2. The highest BCUT2D eigenvalue weighted by atomic mass is 16.5. The normalized spacial score (nSPS) is 10.6. The second kappa shape index (κ2) is 9.82. The standard InChI is InChI=1S/C20H20N6O4/c1-13-4-3-5-15(8-13)23-19(28)12-30-16-7-6-14(9-17(16)29-2)10-21-25-20-24-18(27)11-22-26-20/h3-11H,12H2,1-2H3,(H,23,28)(H2,24,25,26,27)/b21-10+. The summed E-state index contributed by atoms with van der Waals surface area (Å²) in [6.07, 6.45) is 2.56. The Balaban J connectivity index is 1.58. The molecule has 0 fully saturated rings. The number of rotatable bonds is 8. The van der Waals surface area contributed by atoms with E-state index < -0.39 is 5.56 Å². The predicted molar refractivity (Wildman–Crippen MR) is 112 cm³/mol. The van der Waals surface area contributed by atoms with Crippen molar-refractivity contribution in [1.82, 2.24) is 15.2 Å². The van der Waals surface area contributed by atoms with Crippen LogP contribution in [0.25, 0.3) is 0 Å². The third-order valence-corrected chi connectivity index (χ3v) is 3.81. The van der Waals surface area contributed by atoms with Crippen LogP contribution in [0.3, 0.4) is 0 Å². The molecule has 154 valence electrons. The number of carbonyl (C=O) groups is 1. The zero-order chi connectivity index (χ0) is 21.3. The molecule has 1 amide bonds. The van der Waals surface area contributed by atoms with Crippen LogP contribution in [0.4, 0.5) is 11.6 Å². The maximum Gasteiger partial charge on any atom is 0.271 e. The van der Waals surface area contributed by atoms with Crippen molar-refractivity contribution in [3.8, 4) is 11.5 Å². The quantitative estimate of drug-likeness (QED) is 0.383. The Morgan fingerprint density at radius 3 is 2.87 bits per heavy atom. The lowest BCUT2D eigenvalue weighted by atomic mass is 10.2. The fraction of sp³-hybridized carbons (Fsp3) is 0.150. The van der Waals surface area contributed by atoms with Crippen molar-refractivity contribution in [3.05, 3.63) is 70.1 Å². The number of aromatic nitrogens is 3. The number of nitrogens with one attached hydrogen (secondary N) is 3. The Morgan fingerprint density at radius 2 is 2.10 bits per heavy atom. The number of benzene rings is 2. The first-order valence-corrected chi connectivity index (χ1v) is 8.92. The monoisotopic (exact) mass is 408 g/mol. The maximum absolute atomic E-state index is 12.1. The van der Waals surface area contributed by atoms with Crippen LogP contribution in [0.5, 0.6) is 11.5 Å². The Bertz CT molecular complexity index is 1110. The number of aryl methyl sites for hydroxylation is 1. The van der Waals surface area contributed by atoms with Gasteiger partial charge in [-0.1, -0.05) is 12.1 Å². The van der Waals surface area contributed by atoms with E-state index in [0.717, 1.165) is 11.8 Å². The van der Waals surface area contributed by atoms with E-state index >= 15 is 0 Å². The number of nitrogens with zero attached hydrogens (tertiary/aromatic N) is 3. The summed E-state index contributed by atoms with van der Waals surface area (Å²) in [5, 5.41) is 14.0. The lowest BCUT2D eigenvalue weighted by molar-refractivity contribution is -0.118. The number of hydrazone groups is 1. The van der Waals surface area contributed by atoms with Crippen molar-refractivity contribution >= 4 is 23.8 Å². The lowest BCUT2D eigenvalue weighted by Gasteiger charge is -2.11. The maximum atomic E-state index is 12.1. The molecule has 10 nitrogen and oxygen atoms in total. The fourth-order valence-electron chi connectivity index (χ4n) is 2.48. The number of carbonyl (C=O) groups excluding carboxylic acids is 1. The summed E-state index contributed by atoms with van der Waals surface area (Å²) in [6, 6.07) is 12.6. The molecule has 30 heavy (non-hydrogen) atoms. The molecular formula is C20H20N6O4. The van der Waals surface area contributed by atoms with Gasteiger partial charge in [0.05, 0.1) is 13.3 Å². The molecule has 10 heteroatoms. The van der Waals surface area contributed by atoms with Crippen molar-refractivity contribution in [2.75, 3.05) is 24.5 Å². The second-order valence-electron chi connectivity index (χ2n) is 6.17. The summed E-state index contributed by atoms with van der Waals surface area (Å²) >= 11 is 0. The summed E-state index contributed by atoms with van der Waals surface area (Å²) in [6.45, 7) is 1.78. The van der Waals surface area contributed by atoms with Gasteiger partial charge in [0.2, 0.25) is 5.95 Å². The molecule has 1 heterocycles. The Labute approximate surface area is 172 Å². The molecule has 3 rings (SSSR count). The number of ether oxygens (including phenoxy) is 2. The highest BCUT2D eigenvalue weighted by Crippen LogP contribution is 2.27. The molecule has 0 aliphatic carbocycles. The molecule has 1 aromatic heterocycles. The second-order valence-corrected chi connectivity index (χ2v) is 6.17. The Kier molecular flexibility index (Phi) is 6.72. The van der Waals surface area contributed by atoms with E-state index in [1.54, 1.807) is 18.2 Å². The van der Waals surface area contributed by atoms with Gasteiger partial charge in [-0.05, 0) is 48.4 Å². The number of aromatic amines is 1. The van der Waals surface area contributed by atoms with Crippen LogP contribution in [0, 0.1) is 6.92 Å². The zero-order valence-electron chi connectivity index (χ0n) is 16.4. The van der Waals surface area contributed by atoms with Gasteiger partial charge >= 0.3 is 0 Å².